The molecule has 0 bridgehead atoms. The van der Waals surface area contributed by atoms with E-state index in [0.717, 1.165) is 24.0 Å². The van der Waals surface area contributed by atoms with Crippen molar-refractivity contribution in [3.05, 3.63) is 35.4 Å². The van der Waals surface area contributed by atoms with E-state index in [9.17, 15) is 9.90 Å². The molecule has 16 heavy (non-hydrogen) atoms. The van der Waals surface area contributed by atoms with Crippen molar-refractivity contribution in [2.45, 2.75) is 24.9 Å². The number of nitrogens with two attached hydrogens (primary N) is 1. The number of carbonyl (C=O) groups is 1. The number of urea groups is 1. The van der Waals surface area contributed by atoms with Gasteiger partial charge in [0.25, 0.3) is 0 Å². The second-order valence-electron chi connectivity index (χ2n) is 4.26. The number of nitrogens with one attached hydrogen (secondary N) is 1. The molecular formula is C12H16N2O2. The van der Waals surface area contributed by atoms with Gasteiger partial charge in [-0.3, -0.25) is 0 Å². The number of amides is 2. The highest BCUT2D eigenvalue weighted by Gasteiger charge is 2.34. The Morgan fingerprint density at radius 3 is 3.00 bits per heavy atom. The van der Waals surface area contributed by atoms with Crippen molar-refractivity contribution < 1.29 is 9.90 Å². The Hall–Kier alpha value is -1.55. The van der Waals surface area contributed by atoms with E-state index in [1.165, 1.54) is 0 Å². The Balaban J connectivity index is 2.25. The summed E-state index contributed by atoms with van der Waals surface area (Å²) in [5.74, 6) is 0. The summed E-state index contributed by atoms with van der Waals surface area (Å²) in [6.45, 7) is 0.180. The first-order chi connectivity index (χ1) is 7.62. The topological polar surface area (TPSA) is 75.4 Å². The van der Waals surface area contributed by atoms with E-state index in [-0.39, 0.29) is 6.54 Å². The Kier molecular flexibility index (Phi) is 2.83. The van der Waals surface area contributed by atoms with Crippen molar-refractivity contribution in [1.29, 1.82) is 0 Å². The van der Waals surface area contributed by atoms with Gasteiger partial charge in [0.15, 0.2) is 0 Å². The summed E-state index contributed by atoms with van der Waals surface area (Å²) in [6, 6.07) is 7.20. The van der Waals surface area contributed by atoms with Gasteiger partial charge in [-0.1, -0.05) is 24.3 Å². The highest BCUT2D eigenvalue weighted by atomic mass is 16.3. The summed E-state index contributed by atoms with van der Waals surface area (Å²) in [6.07, 6.45) is 2.56. The lowest BCUT2D eigenvalue weighted by Gasteiger charge is -2.34. The molecule has 1 aliphatic rings. The smallest absolute Gasteiger partial charge is 0.312 e. The molecule has 0 radical (unpaired) electrons. The summed E-state index contributed by atoms with van der Waals surface area (Å²) < 4.78 is 0. The van der Waals surface area contributed by atoms with Crippen LogP contribution in [0.5, 0.6) is 0 Å². The first-order valence-corrected chi connectivity index (χ1v) is 5.46. The molecule has 0 heterocycles. The molecular weight excluding hydrogens is 204 g/mol. The number of fused-ring (bicyclic) bond motifs is 1. The first kappa shape index (κ1) is 11.0. The SMILES string of the molecule is NC(=O)NCC1(O)CCCc2ccccc21. The molecule has 2 amide bonds. The summed E-state index contributed by atoms with van der Waals surface area (Å²) in [7, 11) is 0. The zero-order chi connectivity index (χ0) is 11.6. The van der Waals surface area contributed by atoms with Gasteiger partial charge in [-0.05, 0) is 30.4 Å². The molecule has 4 nitrogen and oxygen atoms in total. The van der Waals surface area contributed by atoms with Gasteiger partial charge in [-0.25, -0.2) is 4.79 Å². The predicted molar refractivity (Wildman–Crippen MR) is 60.9 cm³/mol. The number of hydrogen-bond acceptors (Lipinski definition) is 2. The Labute approximate surface area is 94.5 Å². The second kappa shape index (κ2) is 4.14. The van der Waals surface area contributed by atoms with Crippen LogP contribution >= 0.6 is 0 Å². The number of aliphatic hydroxyl groups is 1. The van der Waals surface area contributed by atoms with E-state index in [4.69, 9.17) is 5.73 Å². The zero-order valence-corrected chi connectivity index (χ0v) is 9.07. The average molecular weight is 220 g/mol. The molecule has 0 saturated carbocycles. The van der Waals surface area contributed by atoms with Crippen LogP contribution in [0.4, 0.5) is 4.79 Å². The quantitative estimate of drug-likeness (QED) is 0.692. The molecule has 0 aliphatic heterocycles. The number of primary amides is 1. The van der Waals surface area contributed by atoms with Crippen LogP contribution in [-0.4, -0.2) is 17.7 Å². The van der Waals surface area contributed by atoms with Gasteiger partial charge < -0.3 is 16.2 Å². The molecule has 86 valence electrons. The maximum atomic E-state index is 10.7. The van der Waals surface area contributed by atoms with Crippen LogP contribution in [0.1, 0.15) is 24.0 Å². The highest BCUT2D eigenvalue weighted by Crippen LogP contribution is 2.34. The van der Waals surface area contributed by atoms with Crippen molar-refractivity contribution in [3.63, 3.8) is 0 Å². The van der Waals surface area contributed by atoms with Gasteiger partial charge in [0.05, 0.1) is 6.54 Å². The van der Waals surface area contributed by atoms with Gasteiger partial charge in [-0.15, -0.1) is 0 Å². The number of aryl methyl sites for hydroxylation is 1. The van der Waals surface area contributed by atoms with Crippen molar-refractivity contribution >= 4 is 6.03 Å². The lowest BCUT2D eigenvalue weighted by Crippen LogP contribution is -2.44. The minimum Gasteiger partial charge on any atom is -0.383 e. The van der Waals surface area contributed by atoms with Gasteiger partial charge >= 0.3 is 6.03 Å². The normalized spacial score (nSPS) is 23.6. The van der Waals surface area contributed by atoms with Crippen molar-refractivity contribution in [2.24, 2.45) is 5.73 Å². The van der Waals surface area contributed by atoms with E-state index in [0.29, 0.717) is 6.42 Å². The molecule has 0 saturated heterocycles. The van der Waals surface area contributed by atoms with Crippen LogP contribution < -0.4 is 11.1 Å². The van der Waals surface area contributed by atoms with Crippen LogP contribution in [0.3, 0.4) is 0 Å². The number of carbonyl (C=O) groups excluding carboxylic acids is 1. The summed E-state index contributed by atoms with van der Waals surface area (Å²) >= 11 is 0. The van der Waals surface area contributed by atoms with Crippen LogP contribution in [0, 0.1) is 0 Å². The Bertz CT molecular complexity index is 406. The van der Waals surface area contributed by atoms with Crippen LogP contribution in [0.15, 0.2) is 24.3 Å². The highest BCUT2D eigenvalue weighted by molar-refractivity contribution is 5.71. The molecule has 1 aromatic carbocycles. The van der Waals surface area contributed by atoms with E-state index < -0.39 is 11.6 Å². The molecule has 0 spiro atoms. The fourth-order valence-corrected chi connectivity index (χ4v) is 2.32. The molecule has 1 atom stereocenters. The van der Waals surface area contributed by atoms with Crippen molar-refractivity contribution in [1.82, 2.24) is 5.32 Å². The van der Waals surface area contributed by atoms with Crippen molar-refractivity contribution in [3.8, 4) is 0 Å². The molecule has 4 heteroatoms. The van der Waals surface area contributed by atoms with E-state index >= 15 is 0 Å². The molecule has 0 fully saturated rings. The molecule has 1 unspecified atom stereocenters. The minimum atomic E-state index is -0.968. The summed E-state index contributed by atoms with van der Waals surface area (Å²) in [5, 5.41) is 13.0. The summed E-state index contributed by atoms with van der Waals surface area (Å²) in [5.41, 5.74) is 6.13. The third-order valence-electron chi connectivity index (χ3n) is 3.11. The van der Waals surface area contributed by atoms with E-state index in [1.807, 2.05) is 24.3 Å². The molecule has 1 aromatic rings. The monoisotopic (exact) mass is 220 g/mol. The van der Waals surface area contributed by atoms with E-state index in [1.54, 1.807) is 0 Å². The van der Waals surface area contributed by atoms with E-state index in [2.05, 4.69) is 5.32 Å². The predicted octanol–water partition coefficient (Wildman–Crippen LogP) is 0.879. The van der Waals surface area contributed by atoms with Gasteiger partial charge in [0.1, 0.15) is 5.60 Å². The van der Waals surface area contributed by atoms with Crippen LogP contribution in [-0.2, 0) is 12.0 Å². The largest absolute Gasteiger partial charge is 0.383 e. The molecule has 4 N–H and O–H groups in total. The van der Waals surface area contributed by atoms with Gasteiger partial charge in [0.2, 0.25) is 0 Å². The molecule has 1 aliphatic carbocycles. The van der Waals surface area contributed by atoms with Crippen LogP contribution in [0.25, 0.3) is 0 Å². The maximum Gasteiger partial charge on any atom is 0.312 e. The number of benzene rings is 1. The maximum absolute atomic E-state index is 10.7. The minimum absolute atomic E-state index is 0.180. The fourth-order valence-electron chi connectivity index (χ4n) is 2.32. The standard InChI is InChI=1S/C12H16N2O2/c13-11(15)14-8-12(16)7-3-5-9-4-1-2-6-10(9)12/h1-2,4,6,16H,3,5,7-8H2,(H3,13,14,15). The lowest BCUT2D eigenvalue weighted by molar-refractivity contribution is 0.0219. The molecule has 2 rings (SSSR count). The Morgan fingerprint density at radius 2 is 2.25 bits per heavy atom. The van der Waals surface area contributed by atoms with Crippen LogP contribution in [0.2, 0.25) is 0 Å². The molecule has 0 aromatic heterocycles. The average Bonchev–Trinajstić information content (AvgIpc) is 2.27. The lowest BCUT2D eigenvalue weighted by atomic mass is 9.79. The first-order valence-electron chi connectivity index (χ1n) is 5.46. The number of hydrogen-bond donors (Lipinski definition) is 3. The van der Waals surface area contributed by atoms with Gasteiger partial charge in [-0.2, -0.15) is 0 Å². The van der Waals surface area contributed by atoms with Crippen molar-refractivity contribution in [2.75, 3.05) is 6.54 Å². The summed E-state index contributed by atoms with van der Waals surface area (Å²) in [4.78, 5) is 10.7. The Morgan fingerprint density at radius 1 is 1.50 bits per heavy atom. The fraction of sp³-hybridized carbons (Fsp3) is 0.417. The van der Waals surface area contributed by atoms with Gasteiger partial charge in [0, 0.05) is 0 Å². The number of rotatable bonds is 2. The third kappa shape index (κ3) is 2.02. The second-order valence-corrected chi connectivity index (χ2v) is 4.26. The third-order valence-corrected chi connectivity index (χ3v) is 3.11. The zero-order valence-electron chi connectivity index (χ0n) is 9.07.